The second-order valence-electron chi connectivity index (χ2n) is 8.13. The number of aryl methyl sites for hydroxylation is 2. The maximum Gasteiger partial charge on any atom is 0.274 e. The van der Waals surface area contributed by atoms with Gasteiger partial charge in [0.15, 0.2) is 5.69 Å². The fourth-order valence-corrected chi connectivity index (χ4v) is 4.54. The largest absolute Gasteiger partial charge is 0.465 e. The van der Waals surface area contributed by atoms with Crippen molar-refractivity contribution in [3.8, 4) is 0 Å². The number of fused-ring (bicyclic) bond motifs is 1. The second-order valence-corrected chi connectivity index (χ2v) is 8.13. The van der Waals surface area contributed by atoms with Gasteiger partial charge in [0.1, 0.15) is 11.5 Å². The van der Waals surface area contributed by atoms with E-state index in [0.29, 0.717) is 11.7 Å². The summed E-state index contributed by atoms with van der Waals surface area (Å²) in [6.07, 6.45) is 7.56. The molecule has 1 aliphatic heterocycles. The minimum absolute atomic E-state index is 0.132. The summed E-state index contributed by atoms with van der Waals surface area (Å²) in [5.41, 5.74) is 3.11. The Morgan fingerprint density at radius 1 is 1.25 bits per heavy atom. The van der Waals surface area contributed by atoms with E-state index < -0.39 is 0 Å². The minimum atomic E-state index is 0.132. The molecule has 1 aliphatic carbocycles. The lowest BCUT2D eigenvalue weighted by molar-refractivity contribution is 0.0753. The number of nitrogens with one attached hydrogen (secondary N) is 1. The van der Waals surface area contributed by atoms with Crippen molar-refractivity contribution in [2.24, 2.45) is 0 Å². The van der Waals surface area contributed by atoms with Gasteiger partial charge in [-0.25, -0.2) is 0 Å². The van der Waals surface area contributed by atoms with Gasteiger partial charge in [-0.2, -0.15) is 5.10 Å². The molecule has 0 unspecified atom stereocenters. The number of hydrogen-bond donors (Lipinski definition) is 1. The van der Waals surface area contributed by atoms with Crippen LogP contribution in [0.4, 0.5) is 0 Å². The first kappa shape index (κ1) is 19.2. The van der Waals surface area contributed by atoms with Crippen molar-refractivity contribution >= 4 is 5.91 Å². The van der Waals surface area contributed by atoms with E-state index in [4.69, 9.17) is 9.52 Å². The Bertz CT molecular complexity index is 815. The summed E-state index contributed by atoms with van der Waals surface area (Å²) in [5, 5.41) is 8.37. The van der Waals surface area contributed by atoms with E-state index in [1.54, 1.807) is 0 Å². The number of hydrogen-bond acceptors (Lipinski definition) is 4. The normalized spacial score (nSPS) is 20.1. The number of aromatic nitrogens is 2. The molecule has 6 nitrogen and oxygen atoms in total. The van der Waals surface area contributed by atoms with Crippen molar-refractivity contribution in [1.82, 2.24) is 20.0 Å². The average molecular weight is 385 g/mol. The summed E-state index contributed by atoms with van der Waals surface area (Å²) < 4.78 is 7.73. The Morgan fingerprint density at radius 2 is 2.04 bits per heavy atom. The van der Waals surface area contributed by atoms with E-state index in [9.17, 15) is 4.79 Å². The Morgan fingerprint density at radius 3 is 2.71 bits per heavy atom. The Hall–Kier alpha value is -2.08. The molecule has 6 heteroatoms. The van der Waals surface area contributed by atoms with E-state index in [1.807, 2.05) is 28.6 Å². The van der Waals surface area contributed by atoms with Gasteiger partial charge >= 0.3 is 0 Å². The van der Waals surface area contributed by atoms with Gasteiger partial charge in [-0.15, -0.1) is 0 Å². The van der Waals surface area contributed by atoms with Crippen LogP contribution in [0.3, 0.4) is 0 Å². The maximum atomic E-state index is 13.3. The minimum Gasteiger partial charge on any atom is -0.465 e. The van der Waals surface area contributed by atoms with Crippen LogP contribution in [-0.4, -0.2) is 39.7 Å². The van der Waals surface area contributed by atoms with E-state index >= 15 is 0 Å². The number of nitrogens with zero attached hydrogens (tertiary/aromatic N) is 3. The first-order chi connectivity index (χ1) is 13.7. The first-order valence-corrected chi connectivity index (χ1v) is 10.8. The van der Waals surface area contributed by atoms with Crippen molar-refractivity contribution in [2.45, 2.75) is 77.9 Å². The fourth-order valence-electron chi connectivity index (χ4n) is 4.54. The Kier molecular flexibility index (Phi) is 5.85. The number of rotatable bonds is 5. The zero-order valence-corrected chi connectivity index (χ0v) is 17.2. The molecule has 0 spiro atoms. The SMILES string of the molecule is CCn1nc(C(=O)N2CCCCCC2)c2c1CC[C@H](NCc1ccc(C)o1)C2. The zero-order valence-electron chi connectivity index (χ0n) is 17.2. The van der Waals surface area contributed by atoms with E-state index in [-0.39, 0.29) is 5.91 Å². The van der Waals surface area contributed by atoms with Gasteiger partial charge in [0.05, 0.1) is 6.54 Å². The molecule has 2 aromatic rings. The third-order valence-corrected chi connectivity index (χ3v) is 6.10. The van der Waals surface area contributed by atoms with E-state index in [0.717, 1.165) is 75.4 Å². The van der Waals surface area contributed by atoms with Gasteiger partial charge in [0.2, 0.25) is 0 Å². The third-order valence-electron chi connectivity index (χ3n) is 6.10. The molecule has 0 saturated carbocycles. The lowest BCUT2D eigenvalue weighted by Crippen LogP contribution is -2.36. The molecule has 3 heterocycles. The number of amides is 1. The molecule has 0 bridgehead atoms. The molecular formula is C22H32N4O2. The Balaban J connectivity index is 1.50. The predicted octanol–water partition coefficient (Wildman–Crippen LogP) is 3.47. The molecule has 4 rings (SSSR count). The molecule has 0 radical (unpaired) electrons. The van der Waals surface area contributed by atoms with Crippen LogP contribution in [0.15, 0.2) is 16.5 Å². The van der Waals surface area contributed by atoms with E-state index in [2.05, 4.69) is 12.2 Å². The molecule has 1 N–H and O–H groups in total. The predicted molar refractivity (Wildman–Crippen MR) is 108 cm³/mol. The van der Waals surface area contributed by atoms with E-state index in [1.165, 1.54) is 18.5 Å². The number of carbonyl (C=O) groups excluding carboxylic acids is 1. The second kappa shape index (κ2) is 8.52. The molecule has 1 saturated heterocycles. The monoisotopic (exact) mass is 384 g/mol. The molecule has 2 aliphatic rings. The van der Waals surface area contributed by atoms with Crippen LogP contribution in [0.1, 0.15) is 72.3 Å². The number of carbonyl (C=O) groups is 1. The van der Waals surface area contributed by atoms with Crippen molar-refractivity contribution < 1.29 is 9.21 Å². The van der Waals surface area contributed by atoms with Gasteiger partial charge < -0.3 is 14.6 Å². The van der Waals surface area contributed by atoms with Crippen LogP contribution in [0.25, 0.3) is 0 Å². The highest BCUT2D eigenvalue weighted by atomic mass is 16.3. The van der Waals surface area contributed by atoms with Crippen LogP contribution < -0.4 is 5.32 Å². The average Bonchev–Trinajstić information content (AvgIpc) is 3.17. The lowest BCUT2D eigenvalue weighted by atomic mass is 9.91. The smallest absolute Gasteiger partial charge is 0.274 e. The lowest BCUT2D eigenvalue weighted by Gasteiger charge is -2.25. The highest BCUT2D eigenvalue weighted by molar-refractivity contribution is 5.94. The summed E-state index contributed by atoms with van der Waals surface area (Å²) in [7, 11) is 0. The highest BCUT2D eigenvalue weighted by Crippen LogP contribution is 2.27. The maximum absolute atomic E-state index is 13.3. The summed E-state index contributed by atoms with van der Waals surface area (Å²) >= 11 is 0. The number of furan rings is 1. The molecule has 1 amide bonds. The van der Waals surface area contributed by atoms with Gasteiger partial charge in [-0.1, -0.05) is 12.8 Å². The van der Waals surface area contributed by atoms with Gasteiger partial charge in [0.25, 0.3) is 5.91 Å². The molecule has 28 heavy (non-hydrogen) atoms. The topological polar surface area (TPSA) is 63.3 Å². The van der Waals surface area contributed by atoms with Crippen LogP contribution in [0.5, 0.6) is 0 Å². The number of likely N-dealkylation sites (tertiary alicyclic amines) is 1. The van der Waals surface area contributed by atoms with Crippen LogP contribution >= 0.6 is 0 Å². The molecular weight excluding hydrogens is 352 g/mol. The highest BCUT2D eigenvalue weighted by Gasteiger charge is 2.31. The van der Waals surface area contributed by atoms with Gasteiger partial charge in [-0.3, -0.25) is 9.48 Å². The molecule has 1 atom stereocenters. The summed E-state index contributed by atoms with van der Waals surface area (Å²) in [4.78, 5) is 15.3. The van der Waals surface area contributed by atoms with Crippen molar-refractivity contribution in [3.63, 3.8) is 0 Å². The summed E-state index contributed by atoms with van der Waals surface area (Å²) in [6.45, 7) is 7.36. The fraction of sp³-hybridized carbons (Fsp3) is 0.636. The summed E-state index contributed by atoms with van der Waals surface area (Å²) in [5.74, 6) is 2.04. The molecule has 0 aromatic carbocycles. The van der Waals surface area contributed by atoms with Crippen LogP contribution in [-0.2, 0) is 25.9 Å². The quantitative estimate of drug-likeness (QED) is 0.857. The standard InChI is InChI=1S/C22H32N4O2/c1-3-26-20-11-9-17(23-15-18-10-8-16(2)28-18)14-19(20)21(24-26)22(27)25-12-6-4-5-7-13-25/h8,10,17,23H,3-7,9,11-15H2,1-2H3/t17-/m0/s1. The summed E-state index contributed by atoms with van der Waals surface area (Å²) in [6, 6.07) is 4.38. The molecule has 2 aromatic heterocycles. The molecule has 152 valence electrons. The van der Waals surface area contributed by atoms with Crippen LogP contribution in [0, 0.1) is 6.92 Å². The van der Waals surface area contributed by atoms with Crippen LogP contribution in [0.2, 0.25) is 0 Å². The van der Waals surface area contributed by atoms with Crippen molar-refractivity contribution in [3.05, 3.63) is 40.6 Å². The first-order valence-electron chi connectivity index (χ1n) is 10.8. The zero-order chi connectivity index (χ0) is 19.5. The van der Waals surface area contributed by atoms with Gasteiger partial charge in [0, 0.05) is 36.9 Å². The van der Waals surface area contributed by atoms with Gasteiger partial charge in [-0.05, 0) is 58.1 Å². The third kappa shape index (κ3) is 4.02. The van der Waals surface area contributed by atoms with Crippen molar-refractivity contribution in [1.29, 1.82) is 0 Å². The molecule has 1 fully saturated rings. The Labute approximate surface area is 167 Å². The van der Waals surface area contributed by atoms with Crippen molar-refractivity contribution in [2.75, 3.05) is 13.1 Å².